The van der Waals surface area contributed by atoms with E-state index >= 15 is 0 Å². The average molecular weight is 362 g/mol. The minimum Gasteiger partial charge on any atom is -0.508 e. The van der Waals surface area contributed by atoms with Gasteiger partial charge in [0.25, 0.3) is 5.91 Å². The Morgan fingerprint density at radius 2 is 1.56 bits per heavy atom. The van der Waals surface area contributed by atoms with Crippen LogP contribution >= 0.6 is 0 Å². The van der Waals surface area contributed by atoms with E-state index < -0.39 is 5.41 Å². The second-order valence-electron chi connectivity index (χ2n) is 7.46. The number of benzene rings is 2. The maximum atomic E-state index is 12.3. The molecule has 0 spiro atoms. The van der Waals surface area contributed by atoms with E-state index in [1.54, 1.807) is 12.1 Å². The van der Waals surface area contributed by atoms with Gasteiger partial charge in [0.1, 0.15) is 5.75 Å². The number of aromatic amines is 1. The van der Waals surface area contributed by atoms with Crippen LogP contribution in [0.2, 0.25) is 0 Å². The molecule has 5 heteroatoms. The molecule has 3 rings (SSSR count). The lowest BCUT2D eigenvalue weighted by atomic mass is 9.89. The van der Waals surface area contributed by atoms with Crippen LogP contribution in [-0.2, 0) is 0 Å². The van der Waals surface area contributed by atoms with Crippen molar-refractivity contribution in [1.82, 2.24) is 4.98 Å². The van der Waals surface area contributed by atoms with Gasteiger partial charge in [-0.15, -0.1) is 0 Å². The number of nitrogens with one attached hydrogen (secondary N) is 2. The second kappa shape index (κ2) is 7.11. The third-order valence-corrected chi connectivity index (χ3v) is 4.21. The van der Waals surface area contributed by atoms with Crippen LogP contribution in [0, 0.1) is 5.41 Å². The molecule has 0 saturated carbocycles. The first-order valence-electron chi connectivity index (χ1n) is 8.68. The van der Waals surface area contributed by atoms with Crippen LogP contribution in [0.4, 0.5) is 5.69 Å². The summed E-state index contributed by atoms with van der Waals surface area (Å²) < 4.78 is 0. The number of anilines is 1. The number of phenols is 1. The van der Waals surface area contributed by atoms with Gasteiger partial charge in [0.05, 0.1) is 5.69 Å². The number of ketones is 1. The van der Waals surface area contributed by atoms with Crippen molar-refractivity contribution >= 4 is 17.4 Å². The summed E-state index contributed by atoms with van der Waals surface area (Å²) in [5.74, 6) is -0.0688. The Morgan fingerprint density at radius 1 is 0.926 bits per heavy atom. The van der Waals surface area contributed by atoms with Gasteiger partial charge in [0.2, 0.25) is 0 Å². The third-order valence-electron chi connectivity index (χ3n) is 4.21. The van der Waals surface area contributed by atoms with Crippen LogP contribution in [0.3, 0.4) is 0 Å². The Hall–Kier alpha value is -3.34. The first-order valence-corrected chi connectivity index (χ1v) is 8.68. The number of hydrogen-bond acceptors (Lipinski definition) is 3. The minimum atomic E-state index is -0.440. The molecule has 1 heterocycles. The van der Waals surface area contributed by atoms with E-state index in [9.17, 15) is 14.7 Å². The molecule has 27 heavy (non-hydrogen) atoms. The number of aromatic hydroxyl groups is 1. The molecule has 0 unspecified atom stereocenters. The highest BCUT2D eigenvalue weighted by atomic mass is 16.3. The summed E-state index contributed by atoms with van der Waals surface area (Å²) in [4.78, 5) is 27.6. The van der Waals surface area contributed by atoms with Crippen LogP contribution in [0.25, 0.3) is 11.1 Å². The number of H-pyrrole nitrogens is 1. The summed E-state index contributed by atoms with van der Waals surface area (Å²) in [5, 5.41) is 12.1. The molecular formula is C22H22N2O3. The molecule has 0 aliphatic rings. The van der Waals surface area contributed by atoms with E-state index in [-0.39, 0.29) is 17.4 Å². The Morgan fingerprint density at radius 3 is 2.15 bits per heavy atom. The Kier molecular flexibility index (Phi) is 4.86. The first-order chi connectivity index (χ1) is 12.7. The number of carbonyl (C=O) groups excluding carboxylic acids is 2. The van der Waals surface area contributed by atoms with Crippen molar-refractivity contribution in [3.63, 3.8) is 0 Å². The van der Waals surface area contributed by atoms with E-state index in [0.717, 1.165) is 11.1 Å². The van der Waals surface area contributed by atoms with Crippen LogP contribution < -0.4 is 5.32 Å². The van der Waals surface area contributed by atoms with Crippen LogP contribution in [-0.4, -0.2) is 21.8 Å². The summed E-state index contributed by atoms with van der Waals surface area (Å²) in [6.07, 6.45) is 1.81. The van der Waals surface area contributed by atoms with Crippen molar-refractivity contribution in [2.75, 3.05) is 5.32 Å². The average Bonchev–Trinajstić information content (AvgIpc) is 3.11. The number of hydrogen-bond donors (Lipinski definition) is 3. The van der Waals surface area contributed by atoms with E-state index in [1.807, 2.05) is 57.3 Å². The Balaban J connectivity index is 1.72. The summed E-state index contributed by atoms with van der Waals surface area (Å²) in [6, 6.07) is 15.3. The SMILES string of the molecule is CC(C)(C)C(=O)c1cc(-c2ccc(NC(=O)c3ccc(O)cc3)cc2)c[nH]1. The molecule has 0 saturated heterocycles. The zero-order valence-electron chi connectivity index (χ0n) is 15.5. The van der Waals surface area contributed by atoms with Gasteiger partial charge in [-0.05, 0) is 53.6 Å². The molecular weight excluding hydrogens is 340 g/mol. The first kappa shape index (κ1) is 18.5. The van der Waals surface area contributed by atoms with E-state index in [1.165, 1.54) is 12.1 Å². The van der Waals surface area contributed by atoms with Crippen LogP contribution in [0.5, 0.6) is 5.75 Å². The molecule has 2 aromatic carbocycles. The lowest BCUT2D eigenvalue weighted by molar-refractivity contribution is 0.0853. The minimum absolute atomic E-state index is 0.0616. The number of aromatic nitrogens is 1. The largest absolute Gasteiger partial charge is 0.508 e. The molecule has 0 fully saturated rings. The van der Waals surface area contributed by atoms with Crippen LogP contribution in [0.15, 0.2) is 60.8 Å². The lowest BCUT2D eigenvalue weighted by Gasteiger charge is -2.14. The highest BCUT2D eigenvalue weighted by molar-refractivity contribution is 6.04. The molecule has 3 N–H and O–H groups in total. The quantitative estimate of drug-likeness (QED) is 0.579. The smallest absolute Gasteiger partial charge is 0.255 e. The molecule has 0 bridgehead atoms. The molecule has 0 atom stereocenters. The summed E-state index contributed by atoms with van der Waals surface area (Å²) >= 11 is 0. The Bertz CT molecular complexity index is 962. The molecule has 1 aromatic heterocycles. The molecule has 0 aliphatic heterocycles. The van der Waals surface area contributed by atoms with Gasteiger partial charge in [-0.2, -0.15) is 0 Å². The van der Waals surface area contributed by atoms with Crippen molar-refractivity contribution in [2.45, 2.75) is 20.8 Å². The van der Waals surface area contributed by atoms with E-state index in [2.05, 4.69) is 10.3 Å². The fourth-order valence-corrected chi connectivity index (χ4v) is 2.66. The van der Waals surface area contributed by atoms with Gasteiger partial charge < -0.3 is 15.4 Å². The van der Waals surface area contributed by atoms with Crippen molar-refractivity contribution < 1.29 is 14.7 Å². The van der Waals surface area contributed by atoms with Gasteiger partial charge in [-0.25, -0.2) is 0 Å². The second-order valence-corrected chi connectivity index (χ2v) is 7.46. The molecule has 3 aromatic rings. The van der Waals surface area contributed by atoms with Crippen molar-refractivity contribution in [2.24, 2.45) is 5.41 Å². The molecule has 1 amide bonds. The van der Waals surface area contributed by atoms with Crippen LogP contribution in [0.1, 0.15) is 41.6 Å². The Labute approximate surface area is 158 Å². The fraction of sp³-hybridized carbons (Fsp3) is 0.182. The van der Waals surface area contributed by atoms with Gasteiger partial charge in [-0.3, -0.25) is 9.59 Å². The van der Waals surface area contributed by atoms with Crippen molar-refractivity contribution in [3.8, 4) is 16.9 Å². The van der Waals surface area contributed by atoms with Crippen molar-refractivity contribution in [3.05, 3.63) is 72.1 Å². The molecule has 0 radical (unpaired) electrons. The zero-order valence-corrected chi connectivity index (χ0v) is 15.5. The highest BCUT2D eigenvalue weighted by Crippen LogP contribution is 2.26. The monoisotopic (exact) mass is 362 g/mol. The van der Waals surface area contributed by atoms with Gasteiger partial charge >= 0.3 is 0 Å². The molecule has 0 aliphatic carbocycles. The van der Waals surface area contributed by atoms with E-state index in [4.69, 9.17) is 0 Å². The lowest BCUT2D eigenvalue weighted by Crippen LogP contribution is -2.20. The summed E-state index contributed by atoms with van der Waals surface area (Å²) in [7, 11) is 0. The predicted octanol–water partition coefficient (Wildman–Crippen LogP) is 4.87. The van der Waals surface area contributed by atoms with Gasteiger partial charge in [0, 0.05) is 22.9 Å². The fourth-order valence-electron chi connectivity index (χ4n) is 2.66. The third kappa shape index (κ3) is 4.26. The van der Waals surface area contributed by atoms with E-state index in [0.29, 0.717) is 16.9 Å². The normalized spacial score (nSPS) is 11.2. The van der Waals surface area contributed by atoms with Gasteiger partial charge in [-0.1, -0.05) is 32.9 Å². The number of carbonyl (C=O) groups is 2. The predicted molar refractivity (Wildman–Crippen MR) is 106 cm³/mol. The topological polar surface area (TPSA) is 82.2 Å². The number of phenolic OH excluding ortho intramolecular Hbond substituents is 1. The molecule has 5 nitrogen and oxygen atoms in total. The summed E-state index contributed by atoms with van der Waals surface area (Å²) in [5.41, 5.74) is 3.14. The maximum absolute atomic E-state index is 12.3. The number of rotatable bonds is 4. The zero-order chi connectivity index (χ0) is 19.6. The van der Waals surface area contributed by atoms with Gasteiger partial charge in [0.15, 0.2) is 5.78 Å². The summed E-state index contributed by atoms with van der Waals surface area (Å²) in [6.45, 7) is 5.67. The standard InChI is InChI=1S/C22H22N2O3/c1-22(2,3)20(26)19-12-16(13-23-19)14-4-8-17(9-5-14)24-21(27)15-6-10-18(25)11-7-15/h4-13,23,25H,1-3H3,(H,24,27). The number of Topliss-reactive ketones (excluding diaryl/α,β-unsaturated/α-hetero) is 1. The van der Waals surface area contributed by atoms with Crippen molar-refractivity contribution in [1.29, 1.82) is 0 Å². The maximum Gasteiger partial charge on any atom is 0.255 e. The number of amides is 1. The highest BCUT2D eigenvalue weighted by Gasteiger charge is 2.24. The molecule has 138 valence electrons.